The van der Waals surface area contributed by atoms with E-state index in [0.29, 0.717) is 0 Å². The van der Waals surface area contributed by atoms with Crippen LogP contribution in [0.2, 0.25) is 0 Å². The van der Waals surface area contributed by atoms with E-state index in [1.165, 1.54) is 0 Å². The molecule has 1 aliphatic rings. The zero-order chi connectivity index (χ0) is 9.14. The Labute approximate surface area is 73.2 Å². The fourth-order valence-electron chi connectivity index (χ4n) is 1.71. The Bertz CT molecular complexity index is 201. The third-order valence-electron chi connectivity index (χ3n) is 2.36. The van der Waals surface area contributed by atoms with Gasteiger partial charge in [-0.15, -0.1) is 0 Å². The second kappa shape index (κ2) is 3.61. The largest absolute Gasteiger partial charge is 0.368 e. The summed E-state index contributed by atoms with van der Waals surface area (Å²) >= 11 is 0. The van der Waals surface area contributed by atoms with E-state index in [2.05, 4.69) is 6.58 Å². The van der Waals surface area contributed by atoms with Crippen molar-refractivity contribution in [1.82, 2.24) is 4.90 Å². The third kappa shape index (κ3) is 1.60. The zero-order valence-corrected chi connectivity index (χ0v) is 7.55. The number of primary amides is 1. The van der Waals surface area contributed by atoms with Crippen molar-refractivity contribution < 1.29 is 4.79 Å². The van der Waals surface area contributed by atoms with Gasteiger partial charge in [-0.1, -0.05) is 13.5 Å². The summed E-state index contributed by atoms with van der Waals surface area (Å²) in [4.78, 5) is 13.0. The molecule has 3 heteroatoms. The molecule has 1 fully saturated rings. The quantitative estimate of drug-likeness (QED) is 0.679. The number of hydrogen-bond acceptors (Lipinski definition) is 2. The Hall–Kier alpha value is -0.990. The van der Waals surface area contributed by atoms with Gasteiger partial charge >= 0.3 is 0 Å². The van der Waals surface area contributed by atoms with E-state index in [1.807, 2.05) is 11.8 Å². The van der Waals surface area contributed by atoms with Crippen molar-refractivity contribution in [3.63, 3.8) is 0 Å². The van der Waals surface area contributed by atoms with Gasteiger partial charge in [0.15, 0.2) is 0 Å². The summed E-state index contributed by atoms with van der Waals surface area (Å²) in [5.41, 5.74) is 6.32. The number of carbonyl (C=O) groups is 1. The number of rotatable bonds is 3. The van der Waals surface area contributed by atoms with Crippen LogP contribution < -0.4 is 5.73 Å². The Morgan fingerprint density at radius 2 is 2.50 bits per heavy atom. The molecule has 1 heterocycles. The molecule has 12 heavy (non-hydrogen) atoms. The van der Waals surface area contributed by atoms with Crippen LogP contribution in [0.4, 0.5) is 0 Å². The van der Waals surface area contributed by atoms with Crippen molar-refractivity contribution >= 4 is 5.91 Å². The molecule has 1 rings (SSSR count). The lowest BCUT2D eigenvalue weighted by molar-refractivity contribution is -0.122. The van der Waals surface area contributed by atoms with Crippen LogP contribution in [0.5, 0.6) is 0 Å². The minimum Gasteiger partial charge on any atom is -0.368 e. The summed E-state index contributed by atoms with van der Waals surface area (Å²) in [6.07, 6.45) is 2.88. The summed E-state index contributed by atoms with van der Waals surface area (Å²) in [6, 6.07) is -0.139. The molecule has 1 atom stereocenters. The fourth-order valence-corrected chi connectivity index (χ4v) is 1.71. The number of likely N-dealkylation sites (tertiary alicyclic amines) is 1. The molecule has 2 N–H and O–H groups in total. The van der Waals surface area contributed by atoms with Gasteiger partial charge in [0.2, 0.25) is 5.91 Å². The maximum absolute atomic E-state index is 11.0. The number of amides is 1. The minimum atomic E-state index is -0.236. The second-order valence-corrected chi connectivity index (χ2v) is 3.19. The molecule has 0 bridgehead atoms. The molecule has 3 nitrogen and oxygen atoms in total. The van der Waals surface area contributed by atoms with Crippen LogP contribution in [0.25, 0.3) is 0 Å². The number of nitrogens with two attached hydrogens (primary N) is 1. The van der Waals surface area contributed by atoms with Gasteiger partial charge in [-0.3, -0.25) is 4.79 Å². The summed E-state index contributed by atoms with van der Waals surface area (Å²) < 4.78 is 0. The molecule has 0 aliphatic carbocycles. The predicted octanol–water partition coefficient (Wildman–Crippen LogP) is 0.860. The van der Waals surface area contributed by atoms with Crippen molar-refractivity contribution in [1.29, 1.82) is 0 Å². The average molecular weight is 168 g/mol. The van der Waals surface area contributed by atoms with Crippen LogP contribution in [0, 0.1) is 0 Å². The summed E-state index contributed by atoms with van der Waals surface area (Å²) in [7, 11) is 0. The van der Waals surface area contributed by atoms with Crippen molar-refractivity contribution in [2.45, 2.75) is 32.2 Å². The molecular formula is C9H16N2O. The summed E-state index contributed by atoms with van der Waals surface area (Å²) in [5, 5.41) is 0. The van der Waals surface area contributed by atoms with E-state index in [0.717, 1.165) is 31.5 Å². The van der Waals surface area contributed by atoms with E-state index in [-0.39, 0.29) is 11.9 Å². The van der Waals surface area contributed by atoms with E-state index in [9.17, 15) is 4.79 Å². The standard InChI is InChI=1S/C9H16N2O/c1-3-8(9(10)12)11-6-4-5-7(11)2/h8H,2-6H2,1H3,(H2,10,12)/t8-/m0/s1. The highest BCUT2D eigenvalue weighted by Crippen LogP contribution is 2.22. The maximum Gasteiger partial charge on any atom is 0.240 e. The zero-order valence-electron chi connectivity index (χ0n) is 7.55. The summed E-state index contributed by atoms with van der Waals surface area (Å²) in [5.74, 6) is -0.236. The van der Waals surface area contributed by atoms with Crippen LogP contribution in [-0.4, -0.2) is 23.4 Å². The molecule has 0 radical (unpaired) electrons. The first-order valence-electron chi connectivity index (χ1n) is 4.40. The molecule has 1 amide bonds. The fraction of sp³-hybridized carbons (Fsp3) is 0.667. The van der Waals surface area contributed by atoms with Crippen LogP contribution in [0.3, 0.4) is 0 Å². The van der Waals surface area contributed by atoms with Gasteiger partial charge in [0, 0.05) is 12.2 Å². The third-order valence-corrected chi connectivity index (χ3v) is 2.36. The van der Waals surface area contributed by atoms with Gasteiger partial charge in [-0.05, 0) is 19.3 Å². The van der Waals surface area contributed by atoms with Crippen molar-refractivity contribution in [2.75, 3.05) is 6.54 Å². The number of nitrogens with zero attached hydrogens (tertiary/aromatic N) is 1. The summed E-state index contributed by atoms with van der Waals surface area (Å²) in [6.45, 7) is 6.81. The molecule has 0 aromatic heterocycles. The molecule has 0 spiro atoms. The lowest BCUT2D eigenvalue weighted by Crippen LogP contribution is -2.41. The molecule has 1 aliphatic heterocycles. The molecule has 0 aromatic carbocycles. The average Bonchev–Trinajstić information content (AvgIpc) is 2.38. The lowest BCUT2D eigenvalue weighted by Gasteiger charge is -2.26. The smallest absolute Gasteiger partial charge is 0.240 e. The number of allylic oxidation sites excluding steroid dienone is 1. The van der Waals surface area contributed by atoms with Gasteiger partial charge < -0.3 is 10.6 Å². The van der Waals surface area contributed by atoms with Crippen molar-refractivity contribution in [2.24, 2.45) is 5.73 Å². The topological polar surface area (TPSA) is 46.3 Å². The normalized spacial score (nSPS) is 19.8. The van der Waals surface area contributed by atoms with Crippen LogP contribution in [-0.2, 0) is 4.79 Å². The van der Waals surface area contributed by atoms with Gasteiger partial charge in [-0.2, -0.15) is 0 Å². The Morgan fingerprint density at radius 1 is 1.83 bits per heavy atom. The molecule has 1 saturated heterocycles. The monoisotopic (exact) mass is 168 g/mol. The maximum atomic E-state index is 11.0. The van der Waals surface area contributed by atoms with Crippen LogP contribution >= 0.6 is 0 Å². The molecule has 0 aromatic rings. The first kappa shape index (κ1) is 9.10. The SMILES string of the molecule is C=C1CCCN1[C@@H](CC)C(N)=O. The van der Waals surface area contributed by atoms with Gasteiger partial charge in [0.05, 0.1) is 0 Å². The molecule has 68 valence electrons. The molecule has 0 unspecified atom stereocenters. The Balaban J connectivity index is 2.65. The van der Waals surface area contributed by atoms with E-state index in [1.54, 1.807) is 0 Å². The van der Waals surface area contributed by atoms with Crippen LogP contribution in [0.15, 0.2) is 12.3 Å². The Morgan fingerprint density at radius 3 is 2.83 bits per heavy atom. The minimum absolute atomic E-state index is 0.139. The predicted molar refractivity (Wildman–Crippen MR) is 48.4 cm³/mol. The highest BCUT2D eigenvalue weighted by molar-refractivity contribution is 5.80. The molecule has 0 saturated carbocycles. The van der Waals surface area contributed by atoms with Gasteiger partial charge in [-0.25, -0.2) is 0 Å². The highest BCUT2D eigenvalue weighted by atomic mass is 16.1. The number of carbonyl (C=O) groups excluding carboxylic acids is 1. The first-order chi connectivity index (χ1) is 5.66. The van der Waals surface area contributed by atoms with E-state index < -0.39 is 0 Å². The van der Waals surface area contributed by atoms with Crippen molar-refractivity contribution in [3.05, 3.63) is 12.3 Å². The first-order valence-corrected chi connectivity index (χ1v) is 4.40. The van der Waals surface area contributed by atoms with Crippen molar-refractivity contribution in [3.8, 4) is 0 Å². The number of hydrogen-bond donors (Lipinski definition) is 1. The second-order valence-electron chi connectivity index (χ2n) is 3.19. The van der Waals surface area contributed by atoms with E-state index in [4.69, 9.17) is 5.73 Å². The Kier molecular flexibility index (Phi) is 2.74. The van der Waals surface area contributed by atoms with Gasteiger partial charge in [0.1, 0.15) is 6.04 Å². The van der Waals surface area contributed by atoms with Crippen LogP contribution in [0.1, 0.15) is 26.2 Å². The van der Waals surface area contributed by atoms with E-state index >= 15 is 0 Å². The highest BCUT2D eigenvalue weighted by Gasteiger charge is 2.25. The lowest BCUT2D eigenvalue weighted by atomic mass is 10.2. The molecular weight excluding hydrogens is 152 g/mol. The van der Waals surface area contributed by atoms with Gasteiger partial charge in [0.25, 0.3) is 0 Å².